The number of nitrogens with zero attached hydrogens (tertiary/aromatic N) is 3. The Hall–Kier alpha value is -1.32. The monoisotopic (exact) mass is 250 g/mol. The number of hydrogen-bond acceptors (Lipinski definition) is 4. The van der Waals surface area contributed by atoms with Gasteiger partial charge >= 0.3 is 0 Å². The van der Waals surface area contributed by atoms with Crippen LogP contribution in [0.5, 0.6) is 0 Å². The molecule has 4 heteroatoms. The molecule has 0 unspecified atom stereocenters. The molecule has 0 aromatic carbocycles. The second-order valence-electron chi connectivity index (χ2n) is 4.93. The summed E-state index contributed by atoms with van der Waals surface area (Å²) in [7, 11) is 2.10. The summed E-state index contributed by atoms with van der Waals surface area (Å²) in [5.41, 5.74) is 0. The van der Waals surface area contributed by atoms with Crippen LogP contribution in [0, 0.1) is 0 Å². The molecule has 1 rings (SSSR count). The van der Waals surface area contributed by atoms with Crippen LogP contribution in [0.1, 0.15) is 52.3 Å². The van der Waals surface area contributed by atoms with Gasteiger partial charge in [-0.3, -0.25) is 0 Å². The van der Waals surface area contributed by atoms with Crippen molar-refractivity contribution < 1.29 is 0 Å². The van der Waals surface area contributed by atoms with Crippen LogP contribution in [0.3, 0.4) is 0 Å². The summed E-state index contributed by atoms with van der Waals surface area (Å²) < 4.78 is 0. The molecule has 0 saturated heterocycles. The van der Waals surface area contributed by atoms with E-state index < -0.39 is 0 Å². The van der Waals surface area contributed by atoms with Crippen molar-refractivity contribution in [2.24, 2.45) is 0 Å². The minimum atomic E-state index is 0.349. The van der Waals surface area contributed by atoms with Gasteiger partial charge in [-0.1, -0.05) is 27.2 Å². The first-order chi connectivity index (χ1) is 8.58. The topological polar surface area (TPSA) is 41.0 Å². The van der Waals surface area contributed by atoms with Gasteiger partial charge in [-0.15, -0.1) is 0 Å². The molecule has 0 aliphatic heterocycles. The van der Waals surface area contributed by atoms with E-state index in [9.17, 15) is 0 Å². The van der Waals surface area contributed by atoms with Gasteiger partial charge in [0.15, 0.2) is 0 Å². The number of unbranched alkanes of at least 4 members (excludes halogenated alkanes) is 1. The molecule has 102 valence electrons. The highest BCUT2D eigenvalue weighted by molar-refractivity contribution is 5.49. The van der Waals surface area contributed by atoms with E-state index in [0.29, 0.717) is 5.92 Å². The van der Waals surface area contributed by atoms with Crippen LogP contribution in [0.2, 0.25) is 0 Å². The Morgan fingerprint density at radius 3 is 2.56 bits per heavy atom. The van der Waals surface area contributed by atoms with E-state index in [1.165, 1.54) is 12.8 Å². The molecule has 0 atom stereocenters. The van der Waals surface area contributed by atoms with Crippen LogP contribution in [0.4, 0.5) is 11.6 Å². The van der Waals surface area contributed by atoms with Gasteiger partial charge < -0.3 is 10.2 Å². The van der Waals surface area contributed by atoms with Crippen molar-refractivity contribution in [3.8, 4) is 0 Å². The summed E-state index contributed by atoms with van der Waals surface area (Å²) in [4.78, 5) is 11.4. The molecule has 1 aromatic rings. The Balaban J connectivity index is 2.94. The van der Waals surface area contributed by atoms with Crippen LogP contribution in [0.15, 0.2) is 6.07 Å². The van der Waals surface area contributed by atoms with E-state index in [1.807, 2.05) is 6.07 Å². The lowest BCUT2D eigenvalue weighted by Gasteiger charge is -2.20. The Labute approximate surface area is 111 Å². The molecule has 18 heavy (non-hydrogen) atoms. The summed E-state index contributed by atoms with van der Waals surface area (Å²) in [6.45, 7) is 10.5. The Morgan fingerprint density at radius 1 is 1.28 bits per heavy atom. The lowest BCUT2D eigenvalue weighted by Crippen LogP contribution is -2.21. The maximum Gasteiger partial charge on any atom is 0.135 e. The molecule has 0 radical (unpaired) electrons. The molecule has 0 fully saturated rings. The minimum absolute atomic E-state index is 0.349. The van der Waals surface area contributed by atoms with Crippen molar-refractivity contribution in [1.29, 1.82) is 0 Å². The van der Waals surface area contributed by atoms with Crippen LogP contribution >= 0.6 is 0 Å². The Morgan fingerprint density at radius 2 is 2.00 bits per heavy atom. The third kappa shape index (κ3) is 4.17. The Bertz CT molecular complexity index is 363. The smallest absolute Gasteiger partial charge is 0.135 e. The van der Waals surface area contributed by atoms with Crippen LogP contribution in [-0.4, -0.2) is 30.1 Å². The normalized spacial score (nSPS) is 10.8. The average molecular weight is 250 g/mol. The van der Waals surface area contributed by atoms with E-state index in [1.54, 1.807) is 0 Å². The van der Waals surface area contributed by atoms with E-state index in [4.69, 9.17) is 0 Å². The van der Waals surface area contributed by atoms with Crippen molar-refractivity contribution in [1.82, 2.24) is 9.97 Å². The van der Waals surface area contributed by atoms with Crippen LogP contribution in [0.25, 0.3) is 0 Å². The zero-order valence-corrected chi connectivity index (χ0v) is 12.3. The maximum atomic E-state index is 4.64. The van der Waals surface area contributed by atoms with Gasteiger partial charge in [-0.05, 0) is 13.3 Å². The predicted octanol–water partition coefficient (Wildman–Crippen LogP) is 3.27. The molecule has 0 amide bonds. The minimum Gasteiger partial charge on any atom is -0.370 e. The second-order valence-corrected chi connectivity index (χ2v) is 4.93. The number of aromatic nitrogens is 2. The Kier molecular flexibility index (Phi) is 5.89. The highest BCUT2D eigenvalue weighted by Gasteiger charge is 2.10. The molecule has 1 N–H and O–H groups in total. The van der Waals surface area contributed by atoms with Crippen molar-refractivity contribution in [3.63, 3.8) is 0 Å². The largest absolute Gasteiger partial charge is 0.370 e. The molecular formula is C14H26N4. The second kappa shape index (κ2) is 7.19. The lowest BCUT2D eigenvalue weighted by molar-refractivity contribution is 0.736. The standard InChI is InChI=1S/C14H26N4/c1-6-8-9-18(5)13-10-12(15-7-2)16-14(17-13)11(3)4/h10-11H,6-9H2,1-5H3,(H,15,16,17). The third-order valence-corrected chi connectivity index (χ3v) is 2.84. The fourth-order valence-corrected chi connectivity index (χ4v) is 1.69. The molecule has 1 heterocycles. The number of nitrogens with one attached hydrogen (secondary N) is 1. The van der Waals surface area contributed by atoms with Gasteiger partial charge in [0.1, 0.15) is 17.5 Å². The summed E-state index contributed by atoms with van der Waals surface area (Å²) in [6.07, 6.45) is 2.39. The number of anilines is 2. The highest BCUT2D eigenvalue weighted by Crippen LogP contribution is 2.19. The summed E-state index contributed by atoms with van der Waals surface area (Å²) in [5, 5.41) is 3.28. The summed E-state index contributed by atoms with van der Waals surface area (Å²) in [5.74, 6) is 3.20. The van der Waals surface area contributed by atoms with Gasteiger partial charge in [0.05, 0.1) is 0 Å². The highest BCUT2D eigenvalue weighted by atomic mass is 15.2. The van der Waals surface area contributed by atoms with Gasteiger partial charge in [-0.2, -0.15) is 0 Å². The van der Waals surface area contributed by atoms with Crippen LogP contribution in [-0.2, 0) is 0 Å². The zero-order valence-electron chi connectivity index (χ0n) is 12.3. The number of hydrogen-bond donors (Lipinski definition) is 1. The summed E-state index contributed by atoms with van der Waals surface area (Å²) in [6, 6.07) is 2.03. The maximum absolute atomic E-state index is 4.64. The third-order valence-electron chi connectivity index (χ3n) is 2.84. The van der Waals surface area contributed by atoms with Crippen molar-refractivity contribution in [2.45, 2.75) is 46.5 Å². The van der Waals surface area contributed by atoms with Crippen LogP contribution < -0.4 is 10.2 Å². The lowest BCUT2D eigenvalue weighted by atomic mass is 10.2. The average Bonchev–Trinajstić information content (AvgIpc) is 2.35. The fourth-order valence-electron chi connectivity index (χ4n) is 1.69. The molecule has 0 bridgehead atoms. The molecule has 0 aliphatic rings. The first-order valence-electron chi connectivity index (χ1n) is 6.92. The molecular weight excluding hydrogens is 224 g/mol. The van der Waals surface area contributed by atoms with Crippen molar-refractivity contribution >= 4 is 11.6 Å². The predicted molar refractivity (Wildman–Crippen MR) is 78.5 cm³/mol. The quantitative estimate of drug-likeness (QED) is 0.806. The zero-order chi connectivity index (χ0) is 13.5. The van der Waals surface area contributed by atoms with Gasteiger partial charge in [0, 0.05) is 32.1 Å². The van der Waals surface area contributed by atoms with E-state index in [2.05, 4.69) is 54.9 Å². The van der Waals surface area contributed by atoms with E-state index in [-0.39, 0.29) is 0 Å². The summed E-state index contributed by atoms with van der Waals surface area (Å²) >= 11 is 0. The SMILES string of the molecule is CCCCN(C)c1cc(NCC)nc(C(C)C)n1. The van der Waals surface area contributed by atoms with Gasteiger partial charge in [0.2, 0.25) is 0 Å². The molecule has 0 aliphatic carbocycles. The molecule has 1 aromatic heterocycles. The van der Waals surface area contributed by atoms with Gasteiger partial charge in [-0.25, -0.2) is 9.97 Å². The van der Waals surface area contributed by atoms with Gasteiger partial charge in [0.25, 0.3) is 0 Å². The van der Waals surface area contributed by atoms with E-state index >= 15 is 0 Å². The van der Waals surface area contributed by atoms with Crippen molar-refractivity contribution in [3.05, 3.63) is 11.9 Å². The molecule has 0 saturated carbocycles. The number of rotatable bonds is 7. The molecule has 0 spiro atoms. The van der Waals surface area contributed by atoms with E-state index in [0.717, 1.165) is 30.5 Å². The first kappa shape index (κ1) is 14.7. The molecule has 4 nitrogen and oxygen atoms in total. The fraction of sp³-hybridized carbons (Fsp3) is 0.714. The van der Waals surface area contributed by atoms with Crippen molar-refractivity contribution in [2.75, 3.05) is 30.4 Å². The first-order valence-corrected chi connectivity index (χ1v) is 6.92.